The van der Waals surface area contributed by atoms with Crippen LogP contribution in [0, 0.1) is 13.8 Å². The summed E-state index contributed by atoms with van der Waals surface area (Å²) in [5, 5.41) is 8.62. The van der Waals surface area contributed by atoms with E-state index in [4.69, 9.17) is 15.5 Å². The Morgan fingerprint density at radius 2 is 1.82 bits per heavy atom. The Labute approximate surface area is 198 Å². The summed E-state index contributed by atoms with van der Waals surface area (Å²) in [5.74, 6) is 0.597. The lowest BCUT2D eigenvalue weighted by molar-refractivity contribution is -0.701. The molecule has 0 bridgehead atoms. The number of hydrogen-bond donors (Lipinski definition) is 6. The topological polar surface area (TPSA) is 236 Å². The van der Waals surface area contributed by atoms with E-state index in [2.05, 4.69) is 23.3 Å². The molecule has 0 spiro atoms. The van der Waals surface area contributed by atoms with E-state index in [9.17, 15) is 28.6 Å². The predicted molar refractivity (Wildman–Crippen MR) is 119 cm³/mol. The van der Waals surface area contributed by atoms with Gasteiger partial charge in [-0.25, -0.2) is 19.1 Å². The zero-order chi connectivity index (χ0) is 26.1. The van der Waals surface area contributed by atoms with Crippen LogP contribution in [-0.2, 0) is 45.4 Å². The molecule has 15 nitrogen and oxygen atoms in total. The van der Waals surface area contributed by atoms with Gasteiger partial charge in [0.25, 0.3) is 10.3 Å². The van der Waals surface area contributed by atoms with Crippen molar-refractivity contribution in [2.45, 2.75) is 39.1 Å². The van der Waals surface area contributed by atoms with Crippen LogP contribution in [-0.4, -0.2) is 48.4 Å². The molecule has 3 atom stereocenters. The third-order valence-corrected chi connectivity index (χ3v) is 10.3. The number of phosphoric ester groups is 1. The van der Waals surface area contributed by atoms with Crippen LogP contribution >= 0.6 is 34.6 Å². The van der Waals surface area contributed by atoms with Crippen LogP contribution in [0.2, 0.25) is 0 Å². The van der Waals surface area contributed by atoms with Gasteiger partial charge < -0.3 is 34.9 Å². The molecule has 0 aliphatic rings. The van der Waals surface area contributed by atoms with E-state index in [1.807, 2.05) is 0 Å². The van der Waals surface area contributed by atoms with Crippen molar-refractivity contribution in [2.75, 3.05) is 19.5 Å². The first kappa shape index (κ1) is 29.1. The number of nitrogens with zero attached hydrogens (tertiary/aromatic N) is 3. The molecule has 192 valence electrons. The minimum absolute atomic E-state index is 0.00428. The van der Waals surface area contributed by atoms with Crippen molar-refractivity contribution in [1.82, 2.24) is 9.97 Å². The maximum absolute atomic E-state index is 12.6. The zero-order valence-electron chi connectivity index (χ0n) is 18.6. The highest BCUT2D eigenvalue weighted by atomic mass is 32.1. The molecule has 2 rings (SSSR count). The summed E-state index contributed by atoms with van der Waals surface area (Å²) >= 11 is 0.901. The number of nitrogens with two attached hydrogens (primary N) is 1. The number of thiazole rings is 1. The van der Waals surface area contributed by atoms with Gasteiger partial charge in [-0.05, 0) is 13.8 Å². The Morgan fingerprint density at radius 3 is 2.35 bits per heavy atom. The zero-order valence-corrected chi connectivity index (χ0v) is 22.1. The third kappa shape index (κ3) is 6.97. The second kappa shape index (κ2) is 10.5. The number of rotatable bonds is 11. The highest BCUT2D eigenvalue weighted by Crippen LogP contribution is 2.59. The molecule has 34 heavy (non-hydrogen) atoms. The molecule has 0 saturated carbocycles. The van der Waals surface area contributed by atoms with Crippen molar-refractivity contribution in [1.29, 1.82) is 0 Å². The Balaban J connectivity index is 2.45. The smallest absolute Gasteiger partial charge is 0.383 e. The van der Waals surface area contributed by atoms with Gasteiger partial charge >= 0.3 is 23.2 Å². The fourth-order valence-corrected chi connectivity index (χ4v) is 6.81. The van der Waals surface area contributed by atoms with E-state index in [0.717, 1.165) is 25.4 Å². The highest BCUT2D eigenvalue weighted by Gasteiger charge is 2.53. The Hall–Kier alpha value is -1.12. The maximum atomic E-state index is 12.6. The van der Waals surface area contributed by atoms with Crippen LogP contribution in [0.1, 0.15) is 33.9 Å². The highest BCUT2D eigenvalue weighted by molar-refractivity contribution is 7.60. The van der Waals surface area contributed by atoms with Gasteiger partial charge in [0.2, 0.25) is 0 Å². The standard InChI is InChI=1S/C15H25N4O11P3S/c1-9-12(5-6-29-33(26,27)30-32(23,24)25)34-14(15(3,20)31(21,22)28-4)19(9)8-11-7-17-10(2)18-13(11)16/h7,20H,5-6,8H2,1-4H3,(H5-,16,17,18,21,22,23,24,25,26,27)/p+1/t15-/m0/s1. The summed E-state index contributed by atoms with van der Waals surface area (Å²) < 4.78 is 49.5. The van der Waals surface area contributed by atoms with Crippen LogP contribution in [0.4, 0.5) is 5.82 Å². The number of aryl methyl sites for hydroxylation is 1. The van der Waals surface area contributed by atoms with Crippen LogP contribution < -0.4 is 10.3 Å². The minimum atomic E-state index is -5.27. The lowest BCUT2D eigenvalue weighted by Crippen LogP contribution is -2.45. The van der Waals surface area contributed by atoms with Crippen LogP contribution in [0.3, 0.4) is 0 Å². The summed E-state index contributed by atoms with van der Waals surface area (Å²) in [4.78, 5) is 45.6. The largest absolute Gasteiger partial charge is 0.481 e. The van der Waals surface area contributed by atoms with E-state index in [0.29, 0.717) is 22.0 Å². The van der Waals surface area contributed by atoms with E-state index in [1.165, 1.54) is 10.8 Å². The molecular weight excluding hydrogens is 537 g/mol. The summed E-state index contributed by atoms with van der Waals surface area (Å²) in [5.41, 5.74) is 6.90. The molecule has 0 aromatic carbocycles. The summed E-state index contributed by atoms with van der Waals surface area (Å²) in [6.45, 7) is 3.87. The molecule has 2 aromatic heterocycles. The molecule has 2 unspecified atom stereocenters. The number of phosphoric acid groups is 2. The van der Waals surface area contributed by atoms with Gasteiger partial charge in [-0.3, -0.25) is 9.09 Å². The van der Waals surface area contributed by atoms with E-state index < -0.39 is 35.2 Å². The molecule has 2 heterocycles. The summed E-state index contributed by atoms with van der Waals surface area (Å²) in [6.07, 6.45) is 1.39. The fourth-order valence-electron chi connectivity index (χ4n) is 2.84. The first-order valence-corrected chi connectivity index (χ1v) is 14.8. The molecular formula is C15H26N4O11P3S+. The second-order valence-corrected chi connectivity index (χ2v) is 13.4. The Kier molecular flexibility index (Phi) is 8.97. The van der Waals surface area contributed by atoms with Crippen LogP contribution in [0.25, 0.3) is 0 Å². The fraction of sp³-hybridized carbons (Fsp3) is 0.533. The first-order valence-electron chi connectivity index (χ1n) is 9.36. The average Bonchev–Trinajstić information content (AvgIpc) is 2.98. The van der Waals surface area contributed by atoms with Gasteiger partial charge in [-0.1, -0.05) is 11.3 Å². The maximum Gasteiger partial charge on any atom is 0.481 e. The normalized spacial score (nSPS) is 17.7. The summed E-state index contributed by atoms with van der Waals surface area (Å²) in [6, 6.07) is 0. The van der Waals surface area contributed by atoms with Crippen molar-refractivity contribution in [2.24, 2.45) is 0 Å². The molecule has 0 radical (unpaired) electrons. The van der Waals surface area contributed by atoms with Gasteiger partial charge in [0.1, 0.15) is 11.6 Å². The first-order chi connectivity index (χ1) is 15.4. The molecule has 7 N–H and O–H groups in total. The number of aromatic nitrogens is 3. The van der Waals surface area contributed by atoms with Gasteiger partial charge in [0.15, 0.2) is 12.2 Å². The Morgan fingerprint density at radius 1 is 1.21 bits per heavy atom. The monoisotopic (exact) mass is 563 g/mol. The van der Waals surface area contributed by atoms with Crippen molar-refractivity contribution < 1.29 is 56.3 Å². The van der Waals surface area contributed by atoms with Crippen molar-refractivity contribution in [3.63, 3.8) is 0 Å². The van der Waals surface area contributed by atoms with Crippen molar-refractivity contribution in [3.05, 3.63) is 33.2 Å². The van der Waals surface area contributed by atoms with E-state index in [1.54, 1.807) is 13.8 Å². The lowest BCUT2D eigenvalue weighted by atomic mass is 10.2. The average molecular weight is 563 g/mol. The third-order valence-electron chi connectivity index (χ3n) is 4.62. The van der Waals surface area contributed by atoms with Crippen LogP contribution in [0.5, 0.6) is 0 Å². The molecule has 2 aromatic rings. The predicted octanol–water partition coefficient (Wildman–Crippen LogP) is 0.839. The van der Waals surface area contributed by atoms with Crippen molar-refractivity contribution >= 4 is 40.4 Å². The number of hydrogen-bond acceptors (Lipinski definition) is 11. The number of nitrogen functional groups attached to an aromatic ring is 1. The molecule has 0 fully saturated rings. The van der Waals surface area contributed by atoms with Gasteiger partial charge in [0.05, 0.1) is 17.0 Å². The molecule has 19 heteroatoms. The number of aliphatic hydroxyl groups is 1. The van der Waals surface area contributed by atoms with Gasteiger partial charge in [0, 0.05) is 26.7 Å². The molecule has 0 amide bonds. The SMILES string of the molecule is COP(=O)(O)[C@](C)(O)c1sc(CCOP(=O)(O)OP(=O)(O)O)c(C)[n+]1Cc1cnc(C)nc1N. The van der Waals surface area contributed by atoms with E-state index >= 15 is 0 Å². The second-order valence-electron chi connectivity index (χ2n) is 7.18. The van der Waals surface area contributed by atoms with E-state index in [-0.39, 0.29) is 23.8 Å². The summed E-state index contributed by atoms with van der Waals surface area (Å²) in [7, 11) is -13.9. The molecule has 0 aliphatic carbocycles. The van der Waals surface area contributed by atoms with Gasteiger partial charge in [-0.15, -0.1) is 0 Å². The quantitative estimate of drug-likeness (QED) is 0.164. The van der Waals surface area contributed by atoms with Gasteiger partial charge in [-0.2, -0.15) is 8.88 Å². The molecule has 0 aliphatic heterocycles. The Bertz CT molecular complexity index is 1200. The number of anilines is 1. The molecule has 0 saturated heterocycles. The lowest BCUT2D eigenvalue weighted by Gasteiger charge is -2.23. The minimum Gasteiger partial charge on any atom is -0.383 e. The van der Waals surface area contributed by atoms with Crippen molar-refractivity contribution in [3.8, 4) is 0 Å². The van der Waals surface area contributed by atoms with Crippen LogP contribution in [0.15, 0.2) is 6.20 Å².